The van der Waals surface area contributed by atoms with Crippen molar-refractivity contribution in [1.29, 1.82) is 0 Å². The summed E-state index contributed by atoms with van der Waals surface area (Å²) < 4.78 is 27.5. The quantitative estimate of drug-likeness (QED) is 0.587. The molecule has 0 spiro atoms. The highest BCUT2D eigenvalue weighted by atomic mass is 35.5. The van der Waals surface area contributed by atoms with Crippen LogP contribution in [0, 0.1) is 11.8 Å². The van der Waals surface area contributed by atoms with Crippen molar-refractivity contribution in [3.63, 3.8) is 0 Å². The Kier molecular flexibility index (Phi) is 5.44. The van der Waals surface area contributed by atoms with Gasteiger partial charge in [-0.2, -0.15) is 0 Å². The van der Waals surface area contributed by atoms with E-state index in [9.17, 15) is 13.5 Å². The van der Waals surface area contributed by atoms with Gasteiger partial charge in [0.15, 0.2) is 0 Å². The first kappa shape index (κ1) is 22.9. The van der Waals surface area contributed by atoms with Gasteiger partial charge in [-0.3, -0.25) is 9.62 Å². The number of anilines is 1. The summed E-state index contributed by atoms with van der Waals surface area (Å²) >= 11 is 0. The molecule has 2 N–H and O–H groups in total. The maximum atomic E-state index is 12.4. The Morgan fingerprint density at radius 3 is 2.27 bits per heavy atom. The van der Waals surface area contributed by atoms with Gasteiger partial charge in [-0.05, 0) is 53.5 Å². The molecule has 2 saturated carbocycles. The highest BCUT2D eigenvalue weighted by Crippen LogP contribution is 2.64. The highest BCUT2D eigenvalue weighted by molar-refractivity contribution is 7.93. The number of likely N-dealkylation sites (tertiary alicyclic amines) is 1. The fourth-order valence-corrected chi connectivity index (χ4v) is 7.79. The number of allylic oxidation sites excluding steroid dienone is 1. The number of halogens is 1. The molecular formula is C26H31ClN2O3S. The summed E-state index contributed by atoms with van der Waals surface area (Å²) in [6.45, 7) is 6.73. The van der Waals surface area contributed by atoms with Gasteiger partial charge in [0.1, 0.15) is 0 Å². The molecule has 33 heavy (non-hydrogen) atoms. The summed E-state index contributed by atoms with van der Waals surface area (Å²) in [7, 11) is -3.27. The molecule has 0 aromatic heterocycles. The zero-order valence-corrected chi connectivity index (χ0v) is 20.2. The van der Waals surface area contributed by atoms with Gasteiger partial charge >= 0.3 is 0 Å². The fraction of sp³-hybridized carbons (Fsp3) is 0.462. The zero-order valence-electron chi connectivity index (χ0n) is 18.6. The Labute approximate surface area is 202 Å². The molecule has 5 nitrogen and oxygen atoms in total. The van der Waals surface area contributed by atoms with Crippen molar-refractivity contribution in [3.8, 4) is 0 Å². The molecular weight excluding hydrogens is 456 g/mol. The van der Waals surface area contributed by atoms with Crippen molar-refractivity contribution in [1.82, 2.24) is 4.90 Å². The van der Waals surface area contributed by atoms with Gasteiger partial charge in [-0.25, -0.2) is 8.42 Å². The van der Waals surface area contributed by atoms with Gasteiger partial charge in [0.25, 0.3) is 0 Å². The smallest absolute Gasteiger partial charge is 0.235 e. The number of nitrogens with one attached hydrogen (secondary N) is 1. The van der Waals surface area contributed by atoms with Crippen molar-refractivity contribution in [3.05, 3.63) is 77.9 Å². The summed E-state index contributed by atoms with van der Waals surface area (Å²) in [6.07, 6.45) is 5.02. The fourth-order valence-electron chi connectivity index (χ4n) is 6.41. The maximum absolute atomic E-state index is 12.4. The third-order valence-electron chi connectivity index (χ3n) is 8.11. The summed E-state index contributed by atoms with van der Waals surface area (Å²) in [6, 6.07) is 16.2. The predicted octanol–water partition coefficient (Wildman–Crippen LogP) is 3.53. The molecule has 6 rings (SSSR count). The third kappa shape index (κ3) is 3.81. The van der Waals surface area contributed by atoms with Crippen LogP contribution in [-0.4, -0.2) is 48.9 Å². The molecule has 7 heteroatoms. The van der Waals surface area contributed by atoms with Crippen LogP contribution in [0.3, 0.4) is 0 Å². The standard InChI is InChI=1S/C26H30N2O3S.ClH/c1-2-26(20-8-5-9-21(12-20)27-32(30,31)22-10-11-22)23-15-28(16-24(23)26)17-25(29)13-18-6-3-4-7-19(18)14-25;/h2-9,12,22-24,27,29H,1,10-11,13-17H2;1H/t23-,24+,26?;. The van der Waals surface area contributed by atoms with E-state index in [1.165, 1.54) is 11.1 Å². The van der Waals surface area contributed by atoms with Crippen molar-refractivity contribution < 1.29 is 13.5 Å². The summed E-state index contributed by atoms with van der Waals surface area (Å²) in [5.74, 6) is 0.922. The largest absolute Gasteiger partial charge is 0.388 e. The predicted molar refractivity (Wildman–Crippen MR) is 133 cm³/mol. The maximum Gasteiger partial charge on any atom is 0.235 e. The minimum atomic E-state index is -3.27. The summed E-state index contributed by atoms with van der Waals surface area (Å²) in [5.41, 5.74) is 3.55. The van der Waals surface area contributed by atoms with Gasteiger partial charge < -0.3 is 5.11 Å². The van der Waals surface area contributed by atoms with E-state index in [4.69, 9.17) is 0 Å². The van der Waals surface area contributed by atoms with Crippen molar-refractivity contribution in [2.75, 3.05) is 24.4 Å². The van der Waals surface area contributed by atoms with Crippen molar-refractivity contribution >= 4 is 28.1 Å². The van der Waals surface area contributed by atoms with E-state index in [2.05, 4.69) is 40.5 Å². The minimum absolute atomic E-state index is 0. The molecule has 3 atom stereocenters. The van der Waals surface area contributed by atoms with Crippen molar-refractivity contribution in [2.45, 2.75) is 41.9 Å². The molecule has 176 valence electrons. The van der Waals surface area contributed by atoms with Crippen LogP contribution in [0.15, 0.2) is 61.2 Å². The van der Waals surface area contributed by atoms with Crippen LogP contribution in [0.2, 0.25) is 0 Å². The lowest BCUT2D eigenvalue weighted by Crippen LogP contribution is -2.44. The lowest BCUT2D eigenvalue weighted by molar-refractivity contribution is 0.0146. The first-order chi connectivity index (χ1) is 15.3. The van der Waals surface area contributed by atoms with E-state index in [-0.39, 0.29) is 23.1 Å². The first-order valence-corrected chi connectivity index (χ1v) is 13.1. The molecule has 3 aliphatic carbocycles. The van der Waals surface area contributed by atoms with Crippen LogP contribution in [0.5, 0.6) is 0 Å². The Bertz CT molecular complexity index is 1160. The number of hydrogen-bond donors (Lipinski definition) is 2. The molecule has 1 aliphatic heterocycles. The van der Waals surface area contributed by atoms with Crippen LogP contribution in [0.4, 0.5) is 5.69 Å². The summed E-state index contributed by atoms with van der Waals surface area (Å²) in [5, 5.41) is 11.0. The topological polar surface area (TPSA) is 69.6 Å². The van der Waals surface area contributed by atoms with E-state index >= 15 is 0 Å². The molecule has 2 aromatic rings. The Morgan fingerprint density at radius 2 is 1.70 bits per heavy atom. The van der Waals surface area contributed by atoms with Crippen LogP contribution in [0.25, 0.3) is 0 Å². The second-order valence-corrected chi connectivity index (χ2v) is 12.3. The van der Waals surface area contributed by atoms with Crippen LogP contribution >= 0.6 is 12.4 Å². The van der Waals surface area contributed by atoms with E-state index in [1.807, 2.05) is 30.3 Å². The van der Waals surface area contributed by atoms with Gasteiger partial charge in [0.05, 0.1) is 10.9 Å². The molecule has 4 aliphatic rings. The van der Waals surface area contributed by atoms with Crippen LogP contribution < -0.4 is 4.72 Å². The number of nitrogens with zero attached hydrogens (tertiary/aromatic N) is 1. The third-order valence-corrected chi connectivity index (χ3v) is 9.98. The average molecular weight is 487 g/mol. The molecule has 2 aromatic carbocycles. The first-order valence-electron chi connectivity index (χ1n) is 11.6. The lowest BCUT2D eigenvalue weighted by Gasteiger charge is -2.32. The number of fused-ring (bicyclic) bond motifs is 2. The number of β-amino-alcohol motifs (C(OH)–C–C–N with tert-alkyl or cyclic N) is 1. The van der Waals surface area contributed by atoms with Gasteiger partial charge in [-0.15, -0.1) is 19.0 Å². The van der Waals surface area contributed by atoms with E-state index in [0.717, 1.165) is 44.3 Å². The second kappa shape index (κ2) is 7.84. The second-order valence-electron chi connectivity index (χ2n) is 10.3. The average Bonchev–Trinajstić information content (AvgIpc) is 3.63. The zero-order chi connectivity index (χ0) is 22.1. The van der Waals surface area contributed by atoms with Crippen LogP contribution in [0.1, 0.15) is 29.5 Å². The van der Waals surface area contributed by atoms with Gasteiger partial charge in [0, 0.05) is 43.6 Å². The Hall–Kier alpha value is -1.86. The number of piperidine rings is 1. The van der Waals surface area contributed by atoms with E-state index in [0.29, 0.717) is 24.1 Å². The molecule has 1 saturated heterocycles. The van der Waals surface area contributed by atoms with Crippen molar-refractivity contribution in [2.24, 2.45) is 11.8 Å². The molecule has 3 fully saturated rings. The number of sulfonamides is 1. The van der Waals surface area contributed by atoms with Gasteiger partial charge in [0.2, 0.25) is 10.0 Å². The number of benzene rings is 2. The SMILES string of the molecule is C=CC1(c2cccc(NS(=O)(=O)C3CC3)c2)[C@@H]2CN(CC3(O)Cc4ccccc4C3)C[C@@H]21.Cl. The molecule has 1 heterocycles. The molecule has 0 bridgehead atoms. The number of rotatable bonds is 7. The molecule has 0 radical (unpaired) electrons. The number of hydrogen-bond acceptors (Lipinski definition) is 4. The van der Waals surface area contributed by atoms with E-state index in [1.54, 1.807) is 0 Å². The van der Waals surface area contributed by atoms with E-state index < -0.39 is 15.6 Å². The Morgan fingerprint density at radius 1 is 1.06 bits per heavy atom. The normalized spacial score (nSPS) is 29.6. The van der Waals surface area contributed by atoms with Gasteiger partial charge in [-0.1, -0.05) is 42.5 Å². The minimum Gasteiger partial charge on any atom is -0.388 e. The monoisotopic (exact) mass is 486 g/mol. The highest BCUT2D eigenvalue weighted by Gasteiger charge is 2.67. The van der Waals surface area contributed by atoms with Crippen LogP contribution in [-0.2, 0) is 28.3 Å². The Balaban J connectivity index is 0.00000228. The molecule has 0 amide bonds. The summed E-state index contributed by atoms with van der Waals surface area (Å²) in [4.78, 5) is 2.41. The molecule has 1 unspecified atom stereocenters. The lowest BCUT2D eigenvalue weighted by atomic mass is 9.89. The number of aliphatic hydroxyl groups is 1.